The van der Waals surface area contributed by atoms with Crippen molar-refractivity contribution in [2.75, 3.05) is 31.6 Å². The van der Waals surface area contributed by atoms with E-state index in [1.54, 1.807) is 11.8 Å². The minimum absolute atomic E-state index is 0.0620. The van der Waals surface area contributed by atoms with Crippen molar-refractivity contribution in [2.24, 2.45) is 11.8 Å². The van der Waals surface area contributed by atoms with E-state index in [9.17, 15) is 9.59 Å². The number of carbonyl (C=O) groups is 2. The quantitative estimate of drug-likeness (QED) is 0.690. The SMILES string of the molecule is CSCCCCNC(=O)N1CC(C(C)C(=O)O)C1. The molecule has 6 heteroatoms. The van der Waals surface area contributed by atoms with Gasteiger partial charge in [-0.05, 0) is 24.9 Å². The van der Waals surface area contributed by atoms with Gasteiger partial charge in [0.1, 0.15) is 0 Å². The molecule has 0 aromatic heterocycles. The summed E-state index contributed by atoms with van der Waals surface area (Å²) in [4.78, 5) is 24.1. The van der Waals surface area contributed by atoms with E-state index in [1.807, 2.05) is 11.8 Å². The lowest BCUT2D eigenvalue weighted by molar-refractivity contribution is -0.144. The first-order chi connectivity index (χ1) is 8.56. The summed E-state index contributed by atoms with van der Waals surface area (Å²) in [7, 11) is 0. The summed E-state index contributed by atoms with van der Waals surface area (Å²) in [6.45, 7) is 3.52. The van der Waals surface area contributed by atoms with Crippen LogP contribution < -0.4 is 5.32 Å². The zero-order valence-electron chi connectivity index (χ0n) is 11.0. The second-order valence-electron chi connectivity index (χ2n) is 4.72. The topological polar surface area (TPSA) is 69.6 Å². The summed E-state index contributed by atoms with van der Waals surface area (Å²) in [6.07, 6.45) is 4.18. The van der Waals surface area contributed by atoms with Gasteiger partial charge in [-0.3, -0.25) is 4.79 Å². The number of aliphatic carboxylic acids is 1. The third-order valence-electron chi connectivity index (χ3n) is 3.35. The number of amides is 2. The number of hydrogen-bond donors (Lipinski definition) is 2. The average molecular weight is 274 g/mol. The number of hydrogen-bond acceptors (Lipinski definition) is 3. The Morgan fingerprint density at radius 2 is 2.11 bits per heavy atom. The number of nitrogens with zero attached hydrogens (tertiary/aromatic N) is 1. The number of nitrogens with one attached hydrogen (secondary N) is 1. The second kappa shape index (κ2) is 7.51. The lowest BCUT2D eigenvalue weighted by atomic mass is 9.87. The number of unbranched alkanes of at least 4 members (excludes halogenated alkanes) is 1. The van der Waals surface area contributed by atoms with E-state index in [0.717, 1.165) is 18.6 Å². The first kappa shape index (κ1) is 15.1. The number of thioether (sulfide) groups is 1. The van der Waals surface area contributed by atoms with Crippen LogP contribution in [0, 0.1) is 11.8 Å². The molecular weight excluding hydrogens is 252 g/mol. The van der Waals surface area contributed by atoms with Crippen molar-refractivity contribution in [3.8, 4) is 0 Å². The number of likely N-dealkylation sites (tertiary alicyclic amines) is 1. The largest absolute Gasteiger partial charge is 0.481 e. The number of rotatable bonds is 7. The molecule has 2 amide bonds. The maximum atomic E-state index is 11.7. The Kier molecular flexibility index (Phi) is 6.32. The maximum Gasteiger partial charge on any atom is 0.317 e. The third-order valence-corrected chi connectivity index (χ3v) is 4.04. The fourth-order valence-electron chi connectivity index (χ4n) is 1.87. The van der Waals surface area contributed by atoms with Crippen LogP contribution in [0.5, 0.6) is 0 Å². The van der Waals surface area contributed by atoms with Crippen molar-refractivity contribution >= 4 is 23.8 Å². The maximum absolute atomic E-state index is 11.7. The molecule has 18 heavy (non-hydrogen) atoms. The lowest BCUT2D eigenvalue weighted by Gasteiger charge is -2.41. The van der Waals surface area contributed by atoms with Gasteiger partial charge in [-0.15, -0.1) is 0 Å². The van der Waals surface area contributed by atoms with Gasteiger partial charge in [0.15, 0.2) is 0 Å². The molecule has 0 spiro atoms. The van der Waals surface area contributed by atoms with E-state index in [0.29, 0.717) is 19.6 Å². The Bertz CT molecular complexity index is 293. The monoisotopic (exact) mass is 274 g/mol. The molecule has 0 bridgehead atoms. The zero-order valence-corrected chi connectivity index (χ0v) is 11.8. The van der Waals surface area contributed by atoms with Crippen molar-refractivity contribution < 1.29 is 14.7 Å². The molecule has 0 aromatic rings. The Morgan fingerprint density at radius 3 is 2.67 bits per heavy atom. The Labute approximate surface area is 112 Å². The van der Waals surface area contributed by atoms with E-state index >= 15 is 0 Å². The van der Waals surface area contributed by atoms with Crippen LogP contribution in [0.4, 0.5) is 4.79 Å². The van der Waals surface area contributed by atoms with Crippen molar-refractivity contribution in [2.45, 2.75) is 19.8 Å². The highest BCUT2D eigenvalue weighted by Crippen LogP contribution is 2.23. The number of urea groups is 1. The molecule has 0 aromatic carbocycles. The molecule has 2 N–H and O–H groups in total. The van der Waals surface area contributed by atoms with E-state index in [1.165, 1.54) is 0 Å². The molecule has 1 saturated heterocycles. The highest BCUT2D eigenvalue weighted by atomic mass is 32.2. The average Bonchev–Trinajstić information content (AvgIpc) is 2.26. The van der Waals surface area contributed by atoms with E-state index in [-0.39, 0.29) is 17.9 Å². The van der Waals surface area contributed by atoms with Gasteiger partial charge in [0, 0.05) is 25.6 Å². The Balaban J connectivity index is 2.10. The summed E-state index contributed by atoms with van der Waals surface area (Å²) < 4.78 is 0. The molecule has 0 aliphatic carbocycles. The van der Waals surface area contributed by atoms with Gasteiger partial charge >= 0.3 is 12.0 Å². The van der Waals surface area contributed by atoms with Gasteiger partial charge in [-0.2, -0.15) is 11.8 Å². The molecule has 1 rings (SSSR count). The summed E-state index contributed by atoms with van der Waals surface area (Å²) in [6, 6.07) is -0.0620. The first-order valence-corrected chi connectivity index (χ1v) is 7.70. The fraction of sp³-hybridized carbons (Fsp3) is 0.833. The van der Waals surface area contributed by atoms with Crippen LogP contribution in [-0.2, 0) is 4.79 Å². The van der Waals surface area contributed by atoms with E-state index in [4.69, 9.17) is 5.11 Å². The lowest BCUT2D eigenvalue weighted by Crippen LogP contribution is -2.56. The van der Waals surface area contributed by atoms with Gasteiger partial charge in [0.25, 0.3) is 0 Å². The van der Waals surface area contributed by atoms with Crippen LogP contribution in [0.2, 0.25) is 0 Å². The van der Waals surface area contributed by atoms with Crippen molar-refractivity contribution in [3.05, 3.63) is 0 Å². The van der Waals surface area contributed by atoms with Crippen molar-refractivity contribution in [3.63, 3.8) is 0 Å². The second-order valence-corrected chi connectivity index (χ2v) is 5.71. The summed E-state index contributed by atoms with van der Waals surface area (Å²) in [5.74, 6) is 0.0788. The fourth-order valence-corrected chi connectivity index (χ4v) is 2.37. The predicted molar refractivity (Wildman–Crippen MR) is 72.9 cm³/mol. The minimum Gasteiger partial charge on any atom is -0.481 e. The highest BCUT2D eigenvalue weighted by Gasteiger charge is 2.36. The van der Waals surface area contributed by atoms with E-state index in [2.05, 4.69) is 11.6 Å². The molecule has 1 unspecified atom stereocenters. The van der Waals surface area contributed by atoms with Crippen molar-refractivity contribution in [1.29, 1.82) is 0 Å². The van der Waals surface area contributed by atoms with Gasteiger partial charge in [-0.1, -0.05) is 6.92 Å². The Morgan fingerprint density at radius 1 is 1.44 bits per heavy atom. The third kappa shape index (κ3) is 4.40. The van der Waals surface area contributed by atoms with Gasteiger partial charge < -0.3 is 15.3 Å². The van der Waals surface area contributed by atoms with Crippen LogP contribution in [0.25, 0.3) is 0 Å². The molecule has 1 atom stereocenters. The molecule has 1 aliphatic heterocycles. The molecule has 0 saturated carbocycles. The standard InChI is InChI=1S/C12H22N2O3S/c1-9(11(15)16)10-7-14(8-10)12(17)13-5-3-4-6-18-2/h9-10H,3-8H2,1-2H3,(H,13,17)(H,15,16). The van der Waals surface area contributed by atoms with Crippen LogP contribution in [-0.4, -0.2) is 53.6 Å². The van der Waals surface area contributed by atoms with Crippen LogP contribution in [0.3, 0.4) is 0 Å². The number of carbonyl (C=O) groups excluding carboxylic acids is 1. The normalized spacial score (nSPS) is 17.1. The highest BCUT2D eigenvalue weighted by molar-refractivity contribution is 7.98. The van der Waals surface area contributed by atoms with Crippen LogP contribution in [0.15, 0.2) is 0 Å². The Hall–Kier alpha value is -0.910. The number of carboxylic acid groups (broad SMARTS) is 1. The molecular formula is C12H22N2O3S. The van der Waals surface area contributed by atoms with Crippen LogP contribution >= 0.6 is 11.8 Å². The smallest absolute Gasteiger partial charge is 0.317 e. The number of carboxylic acids is 1. The minimum atomic E-state index is -0.780. The molecule has 1 fully saturated rings. The van der Waals surface area contributed by atoms with Crippen molar-refractivity contribution in [1.82, 2.24) is 10.2 Å². The predicted octanol–water partition coefficient (Wildman–Crippen LogP) is 1.49. The van der Waals surface area contributed by atoms with Gasteiger partial charge in [-0.25, -0.2) is 4.79 Å². The molecule has 5 nitrogen and oxygen atoms in total. The van der Waals surface area contributed by atoms with Gasteiger partial charge in [0.2, 0.25) is 0 Å². The first-order valence-electron chi connectivity index (χ1n) is 6.30. The van der Waals surface area contributed by atoms with Gasteiger partial charge in [0.05, 0.1) is 5.92 Å². The molecule has 0 radical (unpaired) electrons. The zero-order chi connectivity index (χ0) is 13.5. The summed E-state index contributed by atoms with van der Waals surface area (Å²) >= 11 is 1.81. The van der Waals surface area contributed by atoms with Crippen LogP contribution in [0.1, 0.15) is 19.8 Å². The summed E-state index contributed by atoms with van der Waals surface area (Å²) in [5.41, 5.74) is 0. The van der Waals surface area contributed by atoms with E-state index < -0.39 is 5.97 Å². The molecule has 1 heterocycles. The molecule has 1 aliphatic rings. The molecule has 104 valence electrons. The summed E-state index contributed by atoms with van der Waals surface area (Å²) in [5, 5.41) is 11.7.